The Hall–Kier alpha value is -2.18. The summed E-state index contributed by atoms with van der Waals surface area (Å²) in [7, 11) is 1.83. The van der Waals surface area contributed by atoms with Crippen LogP contribution in [0.1, 0.15) is 24.2 Å². The van der Waals surface area contributed by atoms with Gasteiger partial charge >= 0.3 is 0 Å². The summed E-state index contributed by atoms with van der Waals surface area (Å²) in [6, 6.07) is 9.30. The Labute approximate surface area is 123 Å². The van der Waals surface area contributed by atoms with Gasteiger partial charge in [0.2, 0.25) is 5.91 Å². The fourth-order valence-electron chi connectivity index (χ4n) is 1.86. The van der Waals surface area contributed by atoms with Crippen molar-refractivity contribution in [3.63, 3.8) is 0 Å². The molecule has 0 bridgehead atoms. The first-order chi connectivity index (χ1) is 10.1. The van der Waals surface area contributed by atoms with Crippen molar-refractivity contribution in [1.29, 1.82) is 0 Å². The van der Waals surface area contributed by atoms with Crippen LogP contribution in [0.3, 0.4) is 0 Å². The second-order valence-electron chi connectivity index (χ2n) is 4.90. The maximum Gasteiger partial charge on any atom is 0.250 e. The minimum atomic E-state index is -0.189. The summed E-state index contributed by atoms with van der Waals surface area (Å²) in [5.41, 5.74) is 8.45. The average molecular weight is 288 g/mol. The van der Waals surface area contributed by atoms with Crippen LogP contribution in [0.2, 0.25) is 0 Å². The Balaban J connectivity index is 1.78. The summed E-state index contributed by atoms with van der Waals surface area (Å²) in [4.78, 5) is 11.8. The van der Waals surface area contributed by atoms with Crippen LogP contribution in [0.15, 0.2) is 36.5 Å². The van der Waals surface area contributed by atoms with Gasteiger partial charge < -0.3 is 15.8 Å². The fraction of sp³-hybridized carbons (Fsp3) is 0.333. The highest BCUT2D eigenvalue weighted by Crippen LogP contribution is 2.14. The number of ether oxygens (including phenoxy) is 1. The summed E-state index contributed by atoms with van der Waals surface area (Å²) in [6.45, 7) is 2.27. The normalized spacial score (nSPS) is 12.1. The second-order valence-corrected chi connectivity index (χ2v) is 4.90. The molecule has 2 rings (SSSR count). The van der Waals surface area contributed by atoms with E-state index in [1.807, 2.05) is 44.3 Å². The molecule has 0 aliphatic heterocycles. The summed E-state index contributed by atoms with van der Waals surface area (Å²) < 4.78 is 7.07. The maximum atomic E-state index is 11.8. The number of nitrogens with one attached hydrogen (secondary N) is 1. The highest BCUT2D eigenvalue weighted by atomic mass is 16.5. The Morgan fingerprint density at radius 1 is 1.38 bits per heavy atom. The number of hydrogen-bond acceptors (Lipinski definition) is 4. The Morgan fingerprint density at radius 3 is 2.67 bits per heavy atom. The topological polar surface area (TPSA) is 82.2 Å². The highest BCUT2D eigenvalue weighted by Gasteiger charge is 2.05. The molecule has 1 heterocycles. The summed E-state index contributed by atoms with van der Waals surface area (Å²) in [5.74, 6) is -0.189. The van der Waals surface area contributed by atoms with Gasteiger partial charge in [-0.25, -0.2) is 0 Å². The molecule has 21 heavy (non-hydrogen) atoms. The lowest BCUT2D eigenvalue weighted by molar-refractivity contribution is -0.121. The average Bonchev–Trinajstić information content (AvgIpc) is 2.85. The van der Waals surface area contributed by atoms with Gasteiger partial charge in [-0.3, -0.25) is 9.48 Å². The maximum absolute atomic E-state index is 11.8. The van der Waals surface area contributed by atoms with Gasteiger partial charge in [-0.05, 0) is 30.7 Å². The molecule has 1 aromatic heterocycles. The van der Waals surface area contributed by atoms with Crippen molar-refractivity contribution in [2.75, 3.05) is 11.9 Å². The van der Waals surface area contributed by atoms with Crippen LogP contribution in [0, 0.1) is 0 Å². The van der Waals surface area contributed by atoms with E-state index in [1.54, 1.807) is 10.9 Å². The van der Waals surface area contributed by atoms with Crippen molar-refractivity contribution in [1.82, 2.24) is 9.78 Å². The van der Waals surface area contributed by atoms with Crippen molar-refractivity contribution < 1.29 is 9.53 Å². The minimum Gasteiger partial charge on any atom is -0.365 e. The molecule has 0 aliphatic carbocycles. The summed E-state index contributed by atoms with van der Waals surface area (Å²) >= 11 is 0. The first-order valence-electron chi connectivity index (χ1n) is 6.76. The van der Waals surface area contributed by atoms with E-state index in [-0.39, 0.29) is 18.6 Å². The quantitative estimate of drug-likeness (QED) is 0.845. The Kier molecular flexibility index (Phi) is 5.08. The standard InChI is InChI=1S/C15H20N4O2/c1-11(16)12-3-5-13(6-4-12)18-15(20)10-21-9-14-7-8-17-19(14)2/h3-8,11H,9-10,16H2,1-2H3,(H,18,20). The molecule has 0 saturated heterocycles. The monoisotopic (exact) mass is 288 g/mol. The number of benzene rings is 1. The number of aryl methyl sites for hydroxylation is 1. The van der Waals surface area contributed by atoms with E-state index in [0.29, 0.717) is 6.61 Å². The molecule has 6 heteroatoms. The molecule has 0 saturated carbocycles. The van der Waals surface area contributed by atoms with E-state index >= 15 is 0 Å². The van der Waals surface area contributed by atoms with Gasteiger partial charge in [0.15, 0.2) is 0 Å². The van der Waals surface area contributed by atoms with Crippen LogP contribution in [0.25, 0.3) is 0 Å². The zero-order valence-corrected chi connectivity index (χ0v) is 12.2. The number of carbonyl (C=O) groups excluding carboxylic acids is 1. The van der Waals surface area contributed by atoms with Crippen molar-refractivity contribution >= 4 is 11.6 Å². The summed E-state index contributed by atoms with van der Waals surface area (Å²) in [6.07, 6.45) is 1.69. The van der Waals surface area contributed by atoms with Crippen LogP contribution in [0.4, 0.5) is 5.69 Å². The van der Waals surface area contributed by atoms with Gasteiger partial charge in [0.05, 0.1) is 12.3 Å². The van der Waals surface area contributed by atoms with Crippen molar-refractivity contribution in [3.8, 4) is 0 Å². The van der Waals surface area contributed by atoms with E-state index in [9.17, 15) is 4.79 Å². The second kappa shape index (κ2) is 7.01. The Morgan fingerprint density at radius 2 is 2.10 bits per heavy atom. The van der Waals surface area contributed by atoms with Gasteiger partial charge in [-0.2, -0.15) is 5.10 Å². The number of anilines is 1. The highest BCUT2D eigenvalue weighted by molar-refractivity contribution is 5.91. The number of nitrogens with zero attached hydrogens (tertiary/aromatic N) is 2. The third-order valence-electron chi connectivity index (χ3n) is 3.13. The number of carbonyl (C=O) groups is 1. The van der Waals surface area contributed by atoms with E-state index in [0.717, 1.165) is 16.9 Å². The molecule has 1 unspecified atom stereocenters. The number of aromatic nitrogens is 2. The van der Waals surface area contributed by atoms with E-state index < -0.39 is 0 Å². The summed E-state index contributed by atoms with van der Waals surface area (Å²) in [5, 5.41) is 6.81. The molecular formula is C15H20N4O2. The molecule has 1 amide bonds. The van der Waals surface area contributed by atoms with Crippen LogP contribution >= 0.6 is 0 Å². The smallest absolute Gasteiger partial charge is 0.250 e. The van der Waals surface area contributed by atoms with Gasteiger partial charge in [-0.15, -0.1) is 0 Å². The van der Waals surface area contributed by atoms with E-state index in [1.165, 1.54) is 0 Å². The number of amides is 1. The number of nitrogens with two attached hydrogens (primary N) is 1. The Bertz CT molecular complexity index is 590. The van der Waals surface area contributed by atoms with Crippen molar-refractivity contribution in [2.24, 2.45) is 12.8 Å². The lowest BCUT2D eigenvalue weighted by atomic mass is 10.1. The molecule has 2 aromatic rings. The van der Waals surface area contributed by atoms with Crippen LogP contribution in [0.5, 0.6) is 0 Å². The van der Waals surface area contributed by atoms with E-state index in [2.05, 4.69) is 10.4 Å². The van der Waals surface area contributed by atoms with Crippen molar-refractivity contribution in [3.05, 3.63) is 47.8 Å². The largest absolute Gasteiger partial charge is 0.365 e. The minimum absolute atomic E-state index is 0.000221. The third-order valence-corrected chi connectivity index (χ3v) is 3.13. The van der Waals surface area contributed by atoms with Crippen LogP contribution < -0.4 is 11.1 Å². The fourth-order valence-corrected chi connectivity index (χ4v) is 1.86. The van der Waals surface area contributed by atoms with Crippen LogP contribution in [-0.2, 0) is 23.2 Å². The molecule has 0 aliphatic rings. The lowest BCUT2D eigenvalue weighted by Gasteiger charge is -2.09. The zero-order chi connectivity index (χ0) is 15.2. The predicted octanol–water partition coefficient (Wildman–Crippen LogP) is 1.60. The zero-order valence-electron chi connectivity index (χ0n) is 12.2. The predicted molar refractivity (Wildman–Crippen MR) is 80.5 cm³/mol. The first kappa shape index (κ1) is 15.2. The molecule has 3 N–H and O–H groups in total. The SMILES string of the molecule is CC(N)c1ccc(NC(=O)COCc2ccnn2C)cc1. The number of rotatable bonds is 6. The van der Waals surface area contributed by atoms with E-state index in [4.69, 9.17) is 10.5 Å². The van der Waals surface area contributed by atoms with Gasteiger partial charge in [-0.1, -0.05) is 12.1 Å². The molecular weight excluding hydrogens is 268 g/mol. The molecule has 0 fully saturated rings. The molecule has 6 nitrogen and oxygen atoms in total. The molecule has 112 valence electrons. The van der Waals surface area contributed by atoms with Crippen LogP contribution in [-0.4, -0.2) is 22.3 Å². The first-order valence-corrected chi connectivity index (χ1v) is 6.76. The van der Waals surface area contributed by atoms with Gasteiger partial charge in [0, 0.05) is 25.0 Å². The van der Waals surface area contributed by atoms with Gasteiger partial charge in [0.25, 0.3) is 0 Å². The van der Waals surface area contributed by atoms with Gasteiger partial charge in [0.1, 0.15) is 6.61 Å². The molecule has 0 radical (unpaired) electrons. The van der Waals surface area contributed by atoms with Crippen molar-refractivity contribution in [2.45, 2.75) is 19.6 Å². The number of hydrogen-bond donors (Lipinski definition) is 2. The third kappa shape index (κ3) is 4.40. The molecule has 1 aromatic carbocycles. The lowest BCUT2D eigenvalue weighted by Crippen LogP contribution is -2.18. The molecule has 1 atom stereocenters. The molecule has 0 spiro atoms.